The molecule has 1 saturated heterocycles. The van der Waals surface area contributed by atoms with E-state index in [1.807, 2.05) is 48.5 Å². The third-order valence-corrected chi connectivity index (χ3v) is 4.03. The monoisotopic (exact) mass is 280 g/mol. The highest BCUT2D eigenvalue weighted by molar-refractivity contribution is 6.03. The van der Waals surface area contributed by atoms with Crippen molar-refractivity contribution < 1.29 is 4.79 Å². The number of nitrogen functional groups attached to an aromatic ring is 1. The van der Waals surface area contributed by atoms with Crippen LogP contribution in [-0.2, 0) is 0 Å². The van der Waals surface area contributed by atoms with Crippen LogP contribution in [0.2, 0.25) is 0 Å². The first kappa shape index (κ1) is 13.8. The Bertz CT molecular complexity index is 631. The number of nitrogens with zero attached hydrogens (tertiary/aromatic N) is 1. The predicted octanol–water partition coefficient (Wildman–Crippen LogP) is 3.21. The Kier molecular flexibility index (Phi) is 4.02. The molecule has 0 saturated carbocycles. The average Bonchev–Trinajstić information content (AvgIpc) is 3.01. The van der Waals surface area contributed by atoms with Gasteiger partial charge in [-0.1, -0.05) is 36.4 Å². The highest BCUT2D eigenvalue weighted by Crippen LogP contribution is 2.24. The number of Topliss-reactive ketones (excluding diaryl/α,β-unsaturated/α-hetero) is 1. The summed E-state index contributed by atoms with van der Waals surface area (Å²) in [5.74, 6) is 0.118. The third kappa shape index (κ3) is 3.14. The van der Waals surface area contributed by atoms with Crippen molar-refractivity contribution in [2.45, 2.75) is 12.8 Å². The minimum Gasteiger partial charge on any atom is -0.398 e. The van der Waals surface area contributed by atoms with Gasteiger partial charge in [0.05, 0.1) is 6.54 Å². The van der Waals surface area contributed by atoms with Crippen molar-refractivity contribution in [3.63, 3.8) is 0 Å². The Morgan fingerprint density at radius 2 is 1.71 bits per heavy atom. The molecule has 0 spiro atoms. The largest absolute Gasteiger partial charge is 0.398 e. The summed E-state index contributed by atoms with van der Waals surface area (Å²) in [7, 11) is 0. The van der Waals surface area contributed by atoms with Crippen molar-refractivity contribution in [3.8, 4) is 11.1 Å². The molecule has 1 fully saturated rings. The van der Waals surface area contributed by atoms with Gasteiger partial charge in [-0.3, -0.25) is 9.69 Å². The van der Waals surface area contributed by atoms with Crippen molar-refractivity contribution in [1.82, 2.24) is 4.90 Å². The van der Waals surface area contributed by atoms with Crippen LogP contribution in [0, 0.1) is 0 Å². The zero-order chi connectivity index (χ0) is 14.7. The molecule has 2 aromatic carbocycles. The lowest BCUT2D eigenvalue weighted by Crippen LogP contribution is -2.27. The van der Waals surface area contributed by atoms with E-state index in [-0.39, 0.29) is 5.78 Å². The maximum atomic E-state index is 12.5. The smallest absolute Gasteiger partial charge is 0.178 e. The number of nitrogens with two attached hydrogens (primary N) is 1. The van der Waals surface area contributed by atoms with E-state index in [2.05, 4.69) is 4.90 Å². The molecule has 0 bridgehead atoms. The SMILES string of the molecule is Nc1ccc(-c2ccccc2)cc1C(=O)CN1CCCC1. The molecule has 0 radical (unpaired) electrons. The quantitative estimate of drug-likeness (QED) is 0.691. The summed E-state index contributed by atoms with van der Waals surface area (Å²) >= 11 is 0. The van der Waals surface area contributed by atoms with Crippen molar-refractivity contribution in [2.24, 2.45) is 0 Å². The second-order valence-electron chi connectivity index (χ2n) is 5.57. The second-order valence-corrected chi connectivity index (χ2v) is 5.57. The molecule has 0 amide bonds. The van der Waals surface area contributed by atoms with Gasteiger partial charge in [0.15, 0.2) is 5.78 Å². The minimum absolute atomic E-state index is 0.118. The van der Waals surface area contributed by atoms with Crippen LogP contribution < -0.4 is 5.73 Å². The average molecular weight is 280 g/mol. The van der Waals surface area contributed by atoms with Gasteiger partial charge in [-0.05, 0) is 49.2 Å². The zero-order valence-electron chi connectivity index (χ0n) is 12.1. The summed E-state index contributed by atoms with van der Waals surface area (Å²) < 4.78 is 0. The number of likely N-dealkylation sites (tertiary alicyclic amines) is 1. The number of hydrogen-bond donors (Lipinski definition) is 1. The maximum Gasteiger partial charge on any atom is 0.178 e. The summed E-state index contributed by atoms with van der Waals surface area (Å²) in [5, 5.41) is 0. The van der Waals surface area contributed by atoms with Gasteiger partial charge in [-0.25, -0.2) is 0 Å². The van der Waals surface area contributed by atoms with E-state index in [0.29, 0.717) is 17.8 Å². The Labute approximate surface area is 125 Å². The third-order valence-electron chi connectivity index (χ3n) is 4.03. The fourth-order valence-electron chi connectivity index (χ4n) is 2.84. The molecule has 21 heavy (non-hydrogen) atoms. The van der Waals surface area contributed by atoms with E-state index in [0.717, 1.165) is 24.2 Å². The van der Waals surface area contributed by atoms with E-state index >= 15 is 0 Å². The van der Waals surface area contributed by atoms with Crippen LogP contribution in [-0.4, -0.2) is 30.3 Å². The van der Waals surface area contributed by atoms with Gasteiger partial charge in [0.25, 0.3) is 0 Å². The van der Waals surface area contributed by atoms with Crippen LogP contribution in [0.25, 0.3) is 11.1 Å². The number of benzene rings is 2. The fourth-order valence-corrected chi connectivity index (χ4v) is 2.84. The van der Waals surface area contributed by atoms with E-state index in [9.17, 15) is 4.79 Å². The van der Waals surface area contributed by atoms with Crippen molar-refractivity contribution in [1.29, 1.82) is 0 Å². The number of rotatable bonds is 4. The summed E-state index contributed by atoms with van der Waals surface area (Å²) in [5.41, 5.74) is 9.35. The van der Waals surface area contributed by atoms with Crippen LogP contribution in [0.3, 0.4) is 0 Å². The lowest BCUT2D eigenvalue weighted by Gasteiger charge is -2.15. The molecule has 1 aliphatic heterocycles. The molecule has 3 heteroatoms. The highest BCUT2D eigenvalue weighted by atomic mass is 16.1. The summed E-state index contributed by atoms with van der Waals surface area (Å²) in [6, 6.07) is 15.8. The van der Waals surface area contributed by atoms with E-state index in [4.69, 9.17) is 5.73 Å². The van der Waals surface area contributed by atoms with E-state index in [1.165, 1.54) is 12.8 Å². The van der Waals surface area contributed by atoms with Crippen LogP contribution in [0.15, 0.2) is 48.5 Å². The van der Waals surface area contributed by atoms with E-state index < -0.39 is 0 Å². The normalized spacial score (nSPS) is 15.2. The van der Waals surface area contributed by atoms with Crippen molar-refractivity contribution in [3.05, 3.63) is 54.1 Å². The molecule has 3 nitrogen and oxygen atoms in total. The number of carbonyl (C=O) groups excluding carboxylic acids is 1. The fraction of sp³-hybridized carbons (Fsp3) is 0.278. The molecule has 3 rings (SSSR count). The summed E-state index contributed by atoms with van der Waals surface area (Å²) in [6.07, 6.45) is 2.37. The first-order valence-electron chi connectivity index (χ1n) is 7.44. The molecule has 108 valence electrons. The number of carbonyl (C=O) groups is 1. The molecule has 1 aliphatic rings. The Hall–Kier alpha value is -2.13. The van der Waals surface area contributed by atoms with E-state index in [1.54, 1.807) is 0 Å². The first-order chi connectivity index (χ1) is 10.2. The van der Waals surface area contributed by atoms with Crippen molar-refractivity contribution in [2.75, 3.05) is 25.4 Å². The summed E-state index contributed by atoms with van der Waals surface area (Å²) in [6.45, 7) is 2.51. The molecular formula is C18H20N2O. The Balaban J connectivity index is 1.85. The Morgan fingerprint density at radius 1 is 1.00 bits per heavy atom. The predicted molar refractivity (Wildman–Crippen MR) is 86.3 cm³/mol. The number of anilines is 1. The van der Waals surface area contributed by atoms with Gasteiger partial charge in [0.2, 0.25) is 0 Å². The maximum absolute atomic E-state index is 12.5. The standard InChI is InChI=1S/C18H20N2O/c19-17-9-8-15(14-6-2-1-3-7-14)12-16(17)18(21)13-20-10-4-5-11-20/h1-3,6-9,12H,4-5,10-11,13,19H2. The molecular weight excluding hydrogens is 260 g/mol. The van der Waals surface area contributed by atoms with Gasteiger partial charge in [-0.2, -0.15) is 0 Å². The molecule has 0 aromatic heterocycles. The van der Waals surface area contributed by atoms with Gasteiger partial charge >= 0.3 is 0 Å². The molecule has 2 aromatic rings. The van der Waals surface area contributed by atoms with Crippen LogP contribution in [0.4, 0.5) is 5.69 Å². The molecule has 0 unspecified atom stereocenters. The van der Waals surface area contributed by atoms with Gasteiger partial charge < -0.3 is 5.73 Å². The zero-order valence-corrected chi connectivity index (χ0v) is 12.1. The molecule has 1 heterocycles. The molecule has 2 N–H and O–H groups in total. The van der Waals surface area contributed by atoms with Crippen LogP contribution >= 0.6 is 0 Å². The van der Waals surface area contributed by atoms with Crippen molar-refractivity contribution >= 4 is 11.5 Å². The second kappa shape index (κ2) is 6.10. The molecule has 0 aliphatic carbocycles. The number of hydrogen-bond acceptors (Lipinski definition) is 3. The topological polar surface area (TPSA) is 46.3 Å². The minimum atomic E-state index is 0.118. The lowest BCUT2D eigenvalue weighted by molar-refractivity contribution is 0.0946. The lowest BCUT2D eigenvalue weighted by atomic mass is 9.99. The Morgan fingerprint density at radius 3 is 2.43 bits per heavy atom. The van der Waals surface area contributed by atoms with Crippen LogP contribution in [0.1, 0.15) is 23.2 Å². The van der Waals surface area contributed by atoms with Gasteiger partial charge in [-0.15, -0.1) is 0 Å². The van der Waals surface area contributed by atoms with Gasteiger partial charge in [0.1, 0.15) is 0 Å². The van der Waals surface area contributed by atoms with Gasteiger partial charge in [0, 0.05) is 11.3 Å². The number of ketones is 1. The molecule has 0 atom stereocenters. The first-order valence-corrected chi connectivity index (χ1v) is 7.44. The van der Waals surface area contributed by atoms with Crippen LogP contribution in [0.5, 0.6) is 0 Å². The summed E-state index contributed by atoms with van der Waals surface area (Å²) in [4.78, 5) is 14.7. The highest BCUT2D eigenvalue weighted by Gasteiger charge is 2.18.